The van der Waals surface area contributed by atoms with Gasteiger partial charge >= 0.3 is 0 Å². The van der Waals surface area contributed by atoms with Crippen molar-refractivity contribution >= 4 is 5.91 Å². The molecule has 5 heteroatoms. The molecule has 5 nitrogen and oxygen atoms in total. The van der Waals surface area contributed by atoms with Crippen molar-refractivity contribution in [3.8, 4) is 11.5 Å². The van der Waals surface area contributed by atoms with Gasteiger partial charge in [0.15, 0.2) is 6.10 Å². The van der Waals surface area contributed by atoms with Crippen LogP contribution in [0.15, 0.2) is 24.3 Å². The summed E-state index contributed by atoms with van der Waals surface area (Å²) in [5, 5.41) is 0. The Morgan fingerprint density at radius 3 is 2.28 bits per heavy atom. The van der Waals surface area contributed by atoms with E-state index in [-0.39, 0.29) is 11.8 Å². The highest BCUT2D eigenvalue weighted by Crippen LogP contribution is 2.20. The molecular formula is C13H20N2O3. The van der Waals surface area contributed by atoms with Crippen molar-refractivity contribution < 1.29 is 14.3 Å². The van der Waals surface area contributed by atoms with Crippen molar-refractivity contribution in [2.75, 3.05) is 6.61 Å². The summed E-state index contributed by atoms with van der Waals surface area (Å²) in [6, 6.07) is 7.14. The van der Waals surface area contributed by atoms with E-state index in [9.17, 15) is 4.79 Å². The number of nitrogens with two attached hydrogens (primary N) is 1. The topological polar surface area (TPSA) is 73.6 Å². The number of amides is 1. The molecule has 0 heterocycles. The van der Waals surface area contributed by atoms with Crippen molar-refractivity contribution in [2.24, 2.45) is 11.8 Å². The van der Waals surface area contributed by atoms with Gasteiger partial charge < -0.3 is 9.47 Å². The summed E-state index contributed by atoms with van der Waals surface area (Å²) in [4.78, 5) is 11.5. The fourth-order valence-corrected chi connectivity index (χ4v) is 1.50. The van der Waals surface area contributed by atoms with E-state index >= 15 is 0 Å². The molecule has 18 heavy (non-hydrogen) atoms. The Labute approximate surface area is 107 Å². The number of benzene rings is 1. The maximum absolute atomic E-state index is 11.5. The molecule has 1 aromatic carbocycles. The lowest BCUT2D eigenvalue weighted by Gasteiger charge is -2.20. The first-order valence-electron chi connectivity index (χ1n) is 5.98. The molecule has 1 atom stereocenters. The number of hydrazine groups is 1. The molecule has 0 aromatic heterocycles. The monoisotopic (exact) mass is 252 g/mol. The average Bonchev–Trinajstić information content (AvgIpc) is 2.37. The van der Waals surface area contributed by atoms with Gasteiger partial charge in [0.25, 0.3) is 5.91 Å². The predicted octanol–water partition coefficient (Wildman–Crippen LogP) is 1.48. The van der Waals surface area contributed by atoms with Crippen molar-refractivity contribution in [1.82, 2.24) is 5.43 Å². The molecule has 1 rings (SSSR count). The smallest absolute Gasteiger partial charge is 0.275 e. The Hall–Kier alpha value is -1.75. The number of nitrogens with one attached hydrogen (secondary N) is 1. The Bertz CT molecular complexity index is 376. The van der Waals surface area contributed by atoms with Crippen LogP contribution in [0.3, 0.4) is 0 Å². The Morgan fingerprint density at radius 2 is 1.83 bits per heavy atom. The molecule has 0 radical (unpaired) electrons. The summed E-state index contributed by atoms with van der Waals surface area (Å²) >= 11 is 0. The quantitative estimate of drug-likeness (QED) is 0.457. The molecule has 100 valence electrons. The number of carbonyl (C=O) groups excluding carboxylic acids is 1. The summed E-state index contributed by atoms with van der Waals surface area (Å²) < 4.78 is 10.9. The van der Waals surface area contributed by atoms with E-state index < -0.39 is 6.10 Å². The zero-order chi connectivity index (χ0) is 13.5. The van der Waals surface area contributed by atoms with Gasteiger partial charge in [-0.15, -0.1) is 0 Å². The van der Waals surface area contributed by atoms with E-state index in [2.05, 4.69) is 5.43 Å². The van der Waals surface area contributed by atoms with Gasteiger partial charge in [0.1, 0.15) is 11.5 Å². The van der Waals surface area contributed by atoms with Crippen molar-refractivity contribution in [3.05, 3.63) is 24.3 Å². The Balaban J connectivity index is 2.72. The lowest BCUT2D eigenvalue weighted by Crippen LogP contribution is -2.44. The van der Waals surface area contributed by atoms with Crippen LogP contribution in [0.25, 0.3) is 0 Å². The van der Waals surface area contributed by atoms with Gasteiger partial charge in [0.05, 0.1) is 6.61 Å². The second-order valence-corrected chi connectivity index (χ2v) is 4.20. The first kappa shape index (κ1) is 14.3. The molecule has 0 aliphatic carbocycles. The van der Waals surface area contributed by atoms with Crippen molar-refractivity contribution in [3.63, 3.8) is 0 Å². The standard InChI is InChI=1S/C13H20N2O3/c1-4-17-10-5-7-11(8-6-10)18-12(9(2)3)13(16)15-14/h5-9,12H,4,14H2,1-3H3,(H,15,16). The molecule has 1 unspecified atom stereocenters. The first-order chi connectivity index (χ1) is 8.58. The first-order valence-corrected chi connectivity index (χ1v) is 5.98. The zero-order valence-corrected chi connectivity index (χ0v) is 11.0. The molecule has 0 spiro atoms. The van der Waals surface area contributed by atoms with Crippen LogP contribution in [0.4, 0.5) is 0 Å². The van der Waals surface area contributed by atoms with E-state index in [0.29, 0.717) is 12.4 Å². The van der Waals surface area contributed by atoms with E-state index in [0.717, 1.165) is 5.75 Å². The second-order valence-electron chi connectivity index (χ2n) is 4.20. The molecule has 1 amide bonds. The van der Waals surface area contributed by atoms with Crippen LogP contribution in [0.2, 0.25) is 0 Å². The van der Waals surface area contributed by atoms with Gasteiger partial charge in [-0.25, -0.2) is 5.84 Å². The van der Waals surface area contributed by atoms with Gasteiger partial charge in [0, 0.05) is 0 Å². The number of hydrogen-bond donors (Lipinski definition) is 2. The molecule has 0 saturated carbocycles. The van der Waals surface area contributed by atoms with Gasteiger partial charge in [-0.3, -0.25) is 10.2 Å². The predicted molar refractivity (Wildman–Crippen MR) is 69.2 cm³/mol. The Morgan fingerprint density at radius 1 is 1.28 bits per heavy atom. The molecule has 0 fully saturated rings. The van der Waals surface area contributed by atoms with Gasteiger partial charge in [-0.2, -0.15) is 0 Å². The molecule has 1 aromatic rings. The maximum atomic E-state index is 11.5. The summed E-state index contributed by atoms with van der Waals surface area (Å²) in [6.45, 7) is 6.33. The molecule has 0 aliphatic heterocycles. The highest BCUT2D eigenvalue weighted by atomic mass is 16.5. The number of carbonyl (C=O) groups is 1. The number of hydrogen-bond acceptors (Lipinski definition) is 4. The maximum Gasteiger partial charge on any atom is 0.275 e. The summed E-state index contributed by atoms with van der Waals surface area (Å²) in [5.74, 6) is 6.21. The number of ether oxygens (including phenoxy) is 2. The summed E-state index contributed by atoms with van der Waals surface area (Å²) in [5.41, 5.74) is 2.11. The third kappa shape index (κ3) is 3.92. The van der Waals surface area contributed by atoms with Crippen LogP contribution in [0.5, 0.6) is 11.5 Å². The van der Waals surface area contributed by atoms with Gasteiger partial charge in [-0.1, -0.05) is 13.8 Å². The summed E-state index contributed by atoms with van der Waals surface area (Å²) in [7, 11) is 0. The van der Waals surface area contributed by atoms with Crippen LogP contribution in [-0.4, -0.2) is 18.6 Å². The van der Waals surface area contributed by atoms with E-state index in [4.69, 9.17) is 15.3 Å². The lowest BCUT2D eigenvalue weighted by atomic mass is 10.1. The Kier molecular flexibility index (Phi) is 5.45. The molecule has 0 bridgehead atoms. The fourth-order valence-electron chi connectivity index (χ4n) is 1.50. The molecule has 3 N–H and O–H groups in total. The van der Waals surface area contributed by atoms with E-state index in [1.54, 1.807) is 24.3 Å². The molecular weight excluding hydrogens is 232 g/mol. The van der Waals surface area contributed by atoms with Crippen molar-refractivity contribution in [1.29, 1.82) is 0 Å². The average molecular weight is 252 g/mol. The van der Waals surface area contributed by atoms with Crippen LogP contribution in [0, 0.1) is 5.92 Å². The lowest BCUT2D eigenvalue weighted by molar-refractivity contribution is -0.129. The normalized spacial score (nSPS) is 12.1. The fraction of sp³-hybridized carbons (Fsp3) is 0.462. The van der Waals surface area contributed by atoms with E-state index in [1.807, 2.05) is 20.8 Å². The third-order valence-electron chi connectivity index (χ3n) is 2.40. The largest absolute Gasteiger partial charge is 0.494 e. The highest BCUT2D eigenvalue weighted by Gasteiger charge is 2.23. The second kappa shape index (κ2) is 6.86. The minimum atomic E-state index is -0.604. The highest BCUT2D eigenvalue weighted by molar-refractivity contribution is 5.80. The van der Waals surface area contributed by atoms with Crippen LogP contribution >= 0.6 is 0 Å². The van der Waals surface area contributed by atoms with Crippen LogP contribution < -0.4 is 20.7 Å². The molecule has 0 saturated heterocycles. The number of rotatable bonds is 6. The summed E-state index contributed by atoms with van der Waals surface area (Å²) in [6.07, 6.45) is -0.604. The third-order valence-corrected chi connectivity index (χ3v) is 2.40. The van der Waals surface area contributed by atoms with Crippen molar-refractivity contribution in [2.45, 2.75) is 26.9 Å². The van der Waals surface area contributed by atoms with Gasteiger partial charge in [-0.05, 0) is 37.1 Å². The minimum absolute atomic E-state index is 0.0279. The van der Waals surface area contributed by atoms with Crippen LogP contribution in [-0.2, 0) is 4.79 Å². The zero-order valence-electron chi connectivity index (χ0n) is 11.0. The SMILES string of the molecule is CCOc1ccc(OC(C(=O)NN)C(C)C)cc1. The van der Waals surface area contributed by atoms with Crippen LogP contribution in [0.1, 0.15) is 20.8 Å². The minimum Gasteiger partial charge on any atom is -0.494 e. The van der Waals surface area contributed by atoms with Gasteiger partial charge in [0.2, 0.25) is 0 Å². The molecule has 0 aliphatic rings. The van der Waals surface area contributed by atoms with E-state index in [1.165, 1.54) is 0 Å².